The number of hydrogen-bond acceptors (Lipinski definition) is 2. The van der Waals surface area contributed by atoms with Crippen molar-refractivity contribution in [1.82, 2.24) is 0 Å². The molecule has 0 saturated heterocycles. The number of benzene rings is 3. The van der Waals surface area contributed by atoms with Gasteiger partial charge in [-0.25, -0.2) is 0 Å². The van der Waals surface area contributed by atoms with Crippen LogP contribution >= 0.6 is 0 Å². The minimum atomic E-state index is -0.793. The number of carbonyl (C=O) groups is 1. The van der Waals surface area contributed by atoms with Crippen molar-refractivity contribution in [2.75, 3.05) is 4.90 Å². The average molecular weight is 315 g/mol. The fourth-order valence-corrected chi connectivity index (χ4v) is 3.36. The first kappa shape index (κ1) is 14.7. The number of rotatable bonds is 3. The summed E-state index contributed by atoms with van der Waals surface area (Å²) >= 11 is 0. The third-order valence-electron chi connectivity index (χ3n) is 4.48. The van der Waals surface area contributed by atoms with Gasteiger partial charge in [0.1, 0.15) is 6.10 Å². The van der Waals surface area contributed by atoms with E-state index in [-0.39, 0.29) is 5.91 Å². The van der Waals surface area contributed by atoms with Gasteiger partial charge in [-0.05, 0) is 29.3 Å². The van der Waals surface area contributed by atoms with E-state index in [1.165, 1.54) is 0 Å². The van der Waals surface area contributed by atoms with E-state index >= 15 is 0 Å². The Morgan fingerprint density at radius 3 is 2.08 bits per heavy atom. The molecule has 3 heteroatoms. The number of hydrogen-bond donors (Lipinski definition) is 1. The number of carbonyl (C=O) groups excluding carboxylic acids is 1. The van der Waals surface area contributed by atoms with Gasteiger partial charge in [0.2, 0.25) is 0 Å². The molecule has 0 bridgehead atoms. The zero-order valence-corrected chi connectivity index (χ0v) is 13.0. The second kappa shape index (κ2) is 5.95. The topological polar surface area (TPSA) is 40.5 Å². The second-order valence-electron chi connectivity index (χ2n) is 5.90. The van der Waals surface area contributed by atoms with Gasteiger partial charge in [0.25, 0.3) is 5.91 Å². The molecule has 3 aromatic rings. The second-order valence-corrected chi connectivity index (χ2v) is 5.90. The fraction of sp³-hybridized carbons (Fsp3) is 0.0952. The molecule has 0 aliphatic carbocycles. The SMILES string of the molecule is O=C1c2ccccc2[C@H]([C@H](O)c2ccccc2)N1c1ccccc1. The Hall–Kier alpha value is -2.91. The minimum absolute atomic E-state index is 0.0724. The standard InChI is InChI=1S/C21H17NO2/c23-20(15-9-3-1-4-10-15)19-17-13-7-8-14-18(17)21(24)22(19)16-11-5-2-6-12-16/h1-14,19-20,23H/t19-,20-/m1/s1. The molecule has 3 aromatic carbocycles. The highest BCUT2D eigenvalue weighted by Crippen LogP contribution is 2.44. The van der Waals surface area contributed by atoms with Crippen LogP contribution in [0.5, 0.6) is 0 Å². The summed E-state index contributed by atoms with van der Waals surface area (Å²) in [5.41, 5.74) is 3.11. The Morgan fingerprint density at radius 2 is 1.38 bits per heavy atom. The van der Waals surface area contributed by atoms with E-state index in [0.29, 0.717) is 5.56 Å². The molecule has 0 aromatic heterocycles. The summed E-state index contributed by atoms with van der Waals surface area (Å²) in [6.45, 7) is 0. The summed E-state index contributed by atoms with van der Waals surface area (Å²) in [6, 6.07) is 26.1. The normalized spacial score (nSPS) is 17.6. The van der Waals surface area contributed by atoms with Crippen LogP contribution < -0.4 is 4.90 Å². The molecule has 118 valence electrons. The van der Waals surface area contributed by atoms with E-state index in [0.717, 1.165) is 16.8 Å². The lowest BCUT2D eigenvalue weighted by Gasteiger charge is -2.29. The van der Waals surface area contributed by atoms with Crippen molar-refractivity contribution < 1.29 is 9.90 Å². The first-order valence-electron chi connectivity index (χ1n) is 7.98. The van der Waals surface area contributed by atoms with Crippen LogP contribution in [0.1, 0.15) is 33.6 Å². The molecule has 24 heavy (non-hydrogen) atoms. The highest BCUT2D eigenvalue weighted by atomic mass is 16.3. The molecule has 1 heterocycles. The molecule has 3 nitrogen and oxygen atoms in total. The van der Waals surface area contributed by atoms with Gasteiger partial charge in [0.15, 0.2) is 0 Å². The van der Waals surface area contributed by atoms with Crippen molar-refractivity contribution in [3.63, 3.8) is 0 Å². The lowest BCUT2D eigenvalue weighted by Crippen LogP contribution is -2.31. The molecule has 1 aliphatic rings. The molecule has 2 atom stereocenters. The summed E-state index contributed by atoms with van der Waals surface area (Å²) in [6.07, 6.45) is -0.793. The van der Waals surface area contributed by atoms with E-state index in [9.17, 15) is 9.90 Å². The fourth-order valence-electron chi connectivity index (χ4n) is 3.36. The summed E-state index contributed by atoms with van der Waals surface area (Å²) < 4.78 is 0. The van der Waals surface area contributed by atoms with Crippen molar-refractivity contribution in [3.8, 4) is 0 Å². The van der Waals surface area contributed by atoms with E-state index in [2.05, 4.69) is 0 Å². The van der Waals surface area contributed by atoms with Crippen molar-refractivity contribution >= 4 is 11.6 Å². The molecule has 1 N–H and O–H groups in total. The highest BCUT2D eigenvalue weighted by Gasteiger charge is 2.41. The monoisotopic (exact) mass is 315 g/mol. The van der Waals surface area contributed by atoms with Crippen molar-refractivity contribution in [3.05, 3.63) is 102 Å². The summed E-state index contributed by atoms with van der Waals surface area (Å²) in [5, 5.41) is 11.0. The van der Waals surface area contributed by atoms with E-state index < -0.39 is 12.1 Å². The number of anilines is 1. The smallest absolute Gasteiger partial charge is 0.259 e. The van der Waals surface area contributed by atoms with Gasteiger partial charge in [0, 0.05) is 11.3 Å². The van der Waals surface area contributed by atoms with Crippen molar-refractivity contribution in [2.45, 2.75) is 12.1 Å². The van der Waals surface area contributed by atoms with Gasteiger partial charge in [0.05, 0.1) is 6.04 Å². The van der Waals surface area contributed by atoms with E-state index in [4.69, 9.17) is 0 Å². The summed E-state index contributed by atoms with van der Waals surface area (Å²) in [7, 11) is 0. The average Bonchev–Trinajstić information content (AvgIpc) is 2.95. The molecule has 0 fully saturated rings. The first-order chi connectivity index (χ1) is 11.8. The molecular weight excluding hydrogens is 298 g/mol. The molecular formula is C21H17NO2. The minimum Gasteiger partial charge on any atom is -0.386 e. The molecule has 1 aliphatic heterocycles. The number of aliphatic hydroxyl groups excluding tert-OH is 1. The number of para-hydroxylation sites is 1. The number of aliphatic hydroxyl groups is 1. The number of fused-ring (bicyclic) bond motifs is 1. The summed E-state index contributed by atoms with van der Waals surface area (Å²) in [4.78, 5) is 14.7. The maximum Gasteiger partial charge on any atom is 0.259 e. The van der Waals surface area contributed by atoms with Gasteiger partial charge < -0.3 is 5.11 Å². The molecule has 0 saturated carbocycles. The lowest BCUT2D eigenvalue weighted by molar-refractivity contribution is 0.0946. The van der Waals surface area contributed by atoms with Gasteiger partial charge in [-0.15, -0.1) is 0 Å². The highest BCUT2D eigenvalue weighted by molar-refractivity contribution is 6.11. The maximum atomic E-state index is 13.0. The maximum absolute atomic E-state index is 13.0. The van der Waals surface area contributed by atoms with Gasteiger partial charge in [-0.1, -0.05) is 66.7 Å². The van der Waals surface area contributed by atoms with Crippen LogP contribution in [0.2, 0.25) is 0 Å². The Balaban J connectivity index is 1.85. The number of nitrogens with zero attached hydrogens (tertiary/aromatic N) is 1. The molecule has 1 amide bonds. The van der Waals surface area contributed by atoms with Gasteiger partial charge in [-0.2, -0.15) is 0 Å². The van der Waals surface area contributed by atoms with Crippen LogP contribution in [0.15, 0.2) is 84.9 Å². The van der Waals surface area contributed by atoms with Gasteiger partial charge >= 0.3 is 0 Å². The van der Waals surface area contributed by atoms with Crippen LogP contribution in [0.4, 0.5) is 5.69 Å². The predicted octanol–water partition coefficient (Wildman–Crippen LogP) is 4.12. The zero-order chi connectivity index (χ0) is 16.5. The predicted molar refractivity (Wildman–Crippen MR) is 93.8 cm³/mol. The molecule has 0 radical (unpaired) electrons. The van der Waals surface area contributed by atoms with Crippen LogP contribution in [0.25, 0.3) is 0 Å². The lowest BCUT2D eigenvalue weighted by atomic mass is 9.95. The third kappa shape index (κ3) is 2.30. The van der Waals surface area contributed by atoms with Crippen LogP contribution in [0, 0.1) is 0 Å². The van der Waals surface area contributed by atoms with Crippen molar-refractivity contribution in [2.24, 2.45) is 0 Å². The Bertz CT molecular complexity index is 861. The zero-order valence-electron chi connectivity index (χ0n) is 13.0. The largest absolute Gasteiger partial charge is 0.386 e. The molecule has 0 spiro atoms. The van der Waals surface area contributed by atoms with Crippen molar-refractivity contribution in [1.29, 1.82) is 0 Å². The van der Waals surface area contributed by atoms with E-state index in [1.807, 2.05) is 84.9 Å². The molecule has 4 rings (SSSR count). The summed E-state index contributed by atoms with van der Waals surface area (Å²) in [5.74, 6) is -0.0724. The number of amides is 1. The third-order valence-corrected chi connectivity index (χ3v) is 4.48. The van der Waals surface area contributed by atoms with Gasteiger partial charge in [-0.3, -0.25) is 9.69 Å². The molecule has 0 unspecified atom stereocenters. The Morgan fingerprint density at radius 1 is 0.792 bits per heavy atom. The van der Waals surface area contributed by atoms with Crippen LogP contribution in [0.3, 0.4) is 0 Å². The Labute approximate surface area is 140 Å². The quantitative estimate of drug-likeness (QED) is 0.790. The van der Waals surface area contributed by atoms with Crippen LogP contribution in [-0.2, 0) is 0 Å². The van der Waals surface area contributed by atoms with E-state index in [1.54, 1.807) is 4.90 Å². The Kier molecular flexibility index (Phi) is 3.63. The first-order valence-corrected chi connectivity index (χ1v) is 7.98. The van der Waals surface area contributed by atoms with Crippen LogP contribution in [-0.4, -0.2) is 11.0 Å².